The first kappa shape index (κ1) is 24.6. The number of hydrogen-bond acceptors (Lipinski definition) is 6. The molecule has 168 valence electrons. The van der Waals surface area contributed by atoms with E-state index in [1.54, 1.807) is 36.4 Å². The second-order valence-electron chi connectivity index (χ2n) is 6.33. The van der Waals surface area contributed by atoms with E-state index in [-0.39, 0.29) is 25.4 Å². The number of benzene rings is 2. The number of ether oxygens (including phenoxy) is 3. The molecule has 0 radical (unpaired) electrons. The number of hydrogen-bond donors (Lipinski definition) is 2. The number of rotatable bonds is 11. The summed E-state index contributed by atoms with van der Waals surface area (Å²) in [6.45, 7) is 2.51. The van der Waals surface area contributed by atoms with Crippen LogP contribution in [0.4, 0.5) is 5.69 Å². The van der Waals surface area contributed by atoms with E-state index >= 15 is 0 Å². The molecule has 2 aromatic rings. The number of hydrazone groups is 1. The second-order valence-corrected chi connectivity index (χ2v) is 6.73. The van der Waals surface area contributed by atoms with Crippen molar-refractivity contribution in [2.24, 2.45) is 5.10 Å². The number of amides is 2. The van der Waals surface area contributed by atoms with E-state index < -0.39 is 5.91 Å². The van der Waals surface area contributed by atoms with Crippen molar-refractivity contribution in [1.82, 2.24) is 5.43 Å². The standard InChI is InChI=1S/C23H24ClN3O5/c1-4-12-32-23-19(24)13-16(14-20(23)30-3)15-25-27-22(29)11-10-21(28)26-17-6-8-18(9-7-17)31-5-2/h1,6-9,13-15H,5,10-12H2,2-3H3,(H,26,28)(H,27,29). The average molecular weight is 458 g/mol. The highest BCUT2D eigenvalue weighted by Gasteiger charge is 2.11. The third-order valence-electron chi connectivity index (χ3n) is 3.98. The summed E-state index contributed by atoms with van der Waals surface area (Å²) in [6.07, 6.45) is 6.57. The molecule has 0 fully saturated rings. The van der Waals surface area contributed by atoms with Gasteiger partial charge >= 0.3 is 0 Å². The lowest BCUT2D eigenvalue weighted by atomic mass is 10.2. The van der Waals surface area contributed by atoms with Gasteiger partial charge in [0, 0.05) is 18.5 Å². The minimum absolute atomic E-state index is 0.00936. The van der Waals surface area contributed by atoms with Gasteiger partial charge in [-0.1, -0.05) is 17.5 Å². The average Bonchev–Trinajstić information content (AvgIpc) is 2.78. The number of nitrogens with zero attached hydrogens (tertiary/aromatic N) is 1. The summed E-state index contributed by atoms with van der Waals surface area (Å²) in [6, 6.07) is 10.2. The van der Waals surface area contributed by atoms with Gasteiger partial charge in [-0.05, 0) is 48.9 Å². The van der Waals surface area contributed by atoms with E-state index in [9.17, 15) is 9.59 Å². The van der Waals surface area contributed by atoms with E-state index in [1.165, 1.54) is 13.3 Å². The summed E-state index contributed by atoms with van der Waals surface area (Å²) in [7, 11) is 1.47. The Bertz CT molecular complexity index is 1000. The molecule has 8 nitrogen and oxygen atoms in total. The van der Waals surface area contributed by atoms with Crippen LogP contribution in [-0.4, -0.2) is 38.4 Å². The van der Waals surface area contributed by atoms with Crippen LogP contribution in [0, 0.1) is 12.3 Å². The number of terminal acetylenes is 1. The fraction of sp³-hybridized carbons (Fsp3) is 0.261. The van der Waals surface area contributed by atoms with Crippen LogP contribution in [0.25, 0.3) is 0 Å². The van der Waals surface area contributed by atoms with Gasteiger partial charge in [-0.15, -0.1) is 6.42 Å². The Balaban J connectivity index is 1.82. The maximum atomic E-state index is 12.0. The Morgan fingerprint density at radius 1 is 1.16 bits per heavy atom. The van der Waals surface area contributed by atoms with Gasteiger partial charge in [0.1, 0.15) is 12.4 Å². The Labute approximate surface area is 191 Å². The third kappa shape index (κ3) is 7.85. The molecule has 9 heteroatoms. The first-order chi connectivity index (χ1) is 15.5. The fourth-order valence-corrected chi connectivity index (χ4v) is 2.83. The Morgan fingerprint density at radius 3 is 2.53 bits per heavy atom. The molecule has 2 rings (SSSR count). The van der Waals surface area contributed by atoms with E-state index in [4.69, 9.17) is 32.2 Å². The summed E-state index contributed by atoms with van der Waals surface area (Å²) in [4.78, 5) is 24.0. The molecule has 0 bridgehead atoms. The molecule has 0 saturated carbocycles. The van der Waals surface area contributed by atoms with Gasteiger partial charge in [0.05, 0.1) is 25.0 Å². The number of carbonyl (C=O) groups is 2. The highest BCUT2D eigenvalue weighted by Crippen LogP contribution is 2.35. The minimum Gasteiger partial charge on any atom is -0.494 e. The van der Waals surface area contributed by atoms with E-state index in [2.05, 4.69) is 21.8 Å². The normalized spacial score (nSPS) is 10.3. The van der Waals surface area contributed by atoms with Crippen LogP contribution in [0.5, 0.6) is 17.2 Å². The van der Waals surface area contributed by atoms with Gasteiger partial charge in [0.2, 0.25) is 11.8 Å². The Hall–Kier alpha value is -3.70. The maximum absolute atomic E-state index is 12.0. The highest BCUT2D eigenvalue weighted by atomic mass is 35.5. The van der Waals surface area contributed by atoms with E-state index in [0.29, 0.717) is 34.4 Å². The molecule has 0 heterocycles. The summed E-state index contributed by atoms with van der Waals surface area (Å²) in [5, 5.41) is 6.89. The molecule has 0 spiro atoms. The van der Waals surface area contributed by atoms with Crippen molar-refractivity contribution in [3.8, 4) is 29.6 Å². The largest absolute Gasteiger partial charge is 0.494 e. The molecule has 2 aromatic carbocycles. The number of carbonyl (C=O) groups excluding carboxylic acids is 2. The number of anilines is 1. The molecule has 0 unspecified atom stereocenters. The maximum Gasteiger partial charge on any atom is 0.240 e. The van der Waals surface area contributed by atoms with Crippen molar-refractivity contribution in [3.05, 3.63) is 47.0 Å². The van der Waals surface area contributed by atoms with Crippen LogP contribution in [0.2, 0.25) is 5.02 Å². The monoisotopic (exact) mass is 457 g/mol. The predicted molar refractivity (Wildman–Crippen MR) is 124 cm³/mol. The molecule has 2 amide bonds. The van der Waals surface area contributed by atoms with Crippen LogP contribution < -0.4 is 25.0 Å². The molecule has 0 atom stereocenters. The third-order valence-corrected chi connectivity index (χ3v) is 4.26. The van der Waals surface area contributed by atoms with Gasteiger partial charge in [-0.3, -0.25) is 9.59 Å². The van der Waals surface area contributed by atoms with Crippen molar-refractivity contribution >= 4 is 35.3 Å². The summed E-state index contributed by atoms with van der Waals surface area (Å²) < 4.78 is 16.0. The molecule has 0 aromatic heterocycles. The summed E-state index contributed by atoms with van der Waals surface area (Å²) in [5.74, 6) is 3.09. The quantitative estimate of drug-likeness (QED) is 0.305. The first-order valence-corrected chi connectivity index (χ1v) is 10.1. The summed E-state index contributed by atoms with van der Waals surface area (Å²) in [5.41, 5.74) is 3.57. The predicted octanol–water partition coefficient (Wildman–Crippen LogP) is 3.63. The van der Waals surface area contributed by atoms with Crippen molar-refractivity contribution in [3.63, 3.8) is 0 Å². The van der Waals surface area contributed by atoms with Crippen molar-refractivity contribution in [1.29, 1.82) is 0 Å². The molecule has 0 saturated heterocycles. The summed E-state index contributed by atoms with van der Waals surface area (Å²) >= 11 is 6.19. The smallest absolute Gasteiger partial charge is 0.240 e. The van der Waals surface area contributed by atoms with Crippen molar-refractivity contribution in [2.75, 3.05) is 25.6 Å². The van der Waals surface area contributed by atoms with Gasteiger partial charge in [0.25, 0.3) is 0 Å². The van der Waals surface area contributed by atoms with Crippen LogP contribution >= 0.6 is 11.6 Å². The zero-order valence-electron chi connectivity index (χ0n) is 17.8. The van der Waals surface area contributed by atoms with Crippen molar-refractivity contribution < 1.29 is 23.8 Å². The zero-order chi connectivity index (χ0) is 23.3. The van der Waals surface area contributed by atoms with Crippen molar-refractivity contribution in [2.45, 2.75) is 19.8 Å². The van der Waals surface area contributed by atoms with Crippen LogP contribution in [0.1, 0.15) is 25.3 Å². The lowest BCUT2D eigenvalue weighted by Gasteiger charge is -2.11. The van der Waals surface area contributed by atoms with E-state index in [0.717, 1.165) is 5.75 Å². The first-order valence-electron chi connectivity index (χ1n) is 9.75. The molecule has 0 aliphatic carbocycles. The Kier molecular flexibility index (Phi) is 9.88. The van der Waals surface area contributed by atoms with Gasteiger partial charge in [-0.2, -0.15) is 5.10 Å². The minimum atomic E-state index is -0.407. The molecule has 32 heavy (non-hydrogen) atoms. The SMILES string of the molecule is C#CCOc1c(Cl)cc(C=NNC(=O)CCC(=O)Nc2ccc(OCC)cc2)cc1OC. The highest BCUT2D eigenvalue weighted by molar-refractivity contribution is 6.32. The number of halogens is 1. The Morgan fingerprint density at radius 2 is 1.88 bits per heavy atom. The van der Waals surface area contributed by atoms with Crippen LogP contribution in [-0.2, 0) is 9.59 Å². The van der Waals surface area contributed by atoms with Crippen LogP contribution in [0.3, 0.4) is 0 Å². The van der Waals surface area contributed by atoms with E-state index in [1.807, 2.05) is 6.92 Å². The molecular weight excluding hydrogens is 434 g/mol. The lowest BCUT2D eigenvalue weighted by Crippen LogP contribution is -2.20. The molecule has 2 N–H and O–H groups in total. The number of methoxy groups -OCH3 is 1. The second kappa shape index (κ2) is 12.9. The lowest BCUT2D eigenvalue weighted by molar-refractivity contribution is -0.124. The van der Waals surface area contributed by atoms with Gasteiger partial charge in [-0.25, -0.2) is 5.43 Å². The topological polar surface area (TPSA) is 98.2 Å². The molecular formula is C23H24ClN3O5. The number of nitrogens with one attached hydrogen (secondary N) is 2. The molecule has 0 aliphatic rings. The van der Waals surface area contributed by atoms with Crippen LogP contribution in [0.15, 0.2) is 41.5 Å². The zero-order valence-corrected chi connectivity index (χ0v) is 18.6. The van der Waals surface area contributed by atoms with Gasteiger partial charge < -0.3 is 19.5 Å². The fourth-order valence-electron chi connectivity index (χ4n) is 2.55. The van der Waals surface area contributed by atoms with Gasteiger partial charge in [0.15, 0.2) is 11.5 Å². The molecule has 0 aliphatic heterocycles.